The zero-order valence-corrected chi connectivity index (χ0v) is 22.0. The topological polar surface area (TPSA) is 124 Å². The van der Waals surface area contributed by atoms with E-state index >= 15 is 0 Å². The average molecular weight is 510 g/mol. The number of nitrogens with zero attached hydrogens (tertiary/aromatic N) is 3. The molecule has 0 unspecified atom stereocenters. The Morgan fingerprint density at radius 1 is 1.09 bits per heavy atom. The van der Waals surface area contributed by atoms with Gasteiger partial charge >= 0.3 is 7.60 Å². The fraction of sp³-hybridized carbons (Fsp3) is 0.542. The lowest BCUT2D eigenvalue weighted by atomic mass is 9.73. The maximum atomic E-state index is 14.9. The van der Waals surface area contributed by atoms with Crippen LogP contribution in [0.3, 0.4) is 0 Å². The molecule has 0 amide bonds. The number of hydrogen-bond acceptors (Lipinski definition) is 5. The Labute approximate surface area is 204 Å². The number of aromatic amines is 1. The number of rotatable bonds is 8. The lowest BCUT2D eigenvalue weighted by molar-refractivity contribution is 0.188. The molecule has 0 fully saturated rings. The van der Waals surface area contributed by atoms with E-state index in [2.05, 4.69) is 25.3 Å². The maximum absolute atomic E-state index is 14.9. The zero-order valence-electron chi connectivity index (χ0n) is 21.1. The highest BCUT2D eigenvalue weighted by atomic mass is 31.2. The van der Waals surface area contributed by atoms with Crippen molar-refractivity contribution in [1.82, 2.24) is 19.9 Å². The summed E-state index contributed by atoms with van der Waals surface area (Å²) in [5, 5.41) is 2.24. The molecule has 4 N–H and O–H groups in total. The molecule has 3 aromatic rings. The Morgan fingerprint density at radius 3 is 2.26 bits per heavy atom. The summed E-state index contributed by atoms with van der Waals surface area (Å²) in [5.41, 5.74) is 0.392. The van der Waals surface area contributed by atoms with E-state index in [0.29, 0.717) is 16.6 Å². The molecule has 11 heteroatoms. The Morgan fingerprint density at radius 2 is 1.71 bits per heavy atom. The van der Waals surface area contributed by atoms with Crippen LogP contribution in [0.4, 0.5) is 14.6 Å². The summed E-state index contributed by atoms with van der Waals surface area (Å²) in [7, 11) is -4.55. The van der Waals surface area contributed by atoms with Crippen LogP contribution in [0.25, 0.3) is 22.4 Å². The largest absolute Gasteiger partial charge is 0.364 e. The molecule has 0 spiro atoms. The molecule has 0 saturated heterocycles. The number of halogens is 2. The molecule has 3 heterocycles. The molecular formula is C24H34F2N5O3P. The molecule has 0 radical (unpaired) electrons. The highest BCUT2D eigenvalue weighted by Gasteiger charge is 2.53. The standard InChI is InChI=1S/C24H34F2N5O3P/c1-13(2)24(14(3)4,35(32,33)34)9-19(23(5,6)7)30-22-18(26)12-29-21(31-22)17-11-28-20-16(17)8-15(25)10-27-20/h8,10-14,19H,9H2,1-7H3,(H,27,28)(H,29,30,31)(H2,32,33,34)/t19-/m1/s1. The van der Waals surface area contributed by atoms with Crippen LogP contribution in [0, 0.1) is 28.9 Å². The molecule has 0 aliphatic rings. The number of pyridine rings is 1. The fourth-order valence-electron chi connectivity index (χ4n) is 4.76. The van der Waals surface area contributed by atoms with Gasteiger partial charge in [0.05, 0.1) is 17.5 Å². The van der Waals surface area contributed by atoms with Gasteiger partial charge in [0.25, 0.3) is 0 Å². The highest BCUT2D eigenvalue weighted by molar-refractivity contribution is 7.53. The van der Waals surface area contributed by atoms with Crippen molar-refractivity contribution in [3.63, 3.8) is 0 Å². The minimum atomic E-state index is -4.55. The maximum Gasteiger partial charge on any atom is 0.332 e. The SMILES string of the molecule is CC(C)C(C[C@@H](Nc1nc(-c2c[nH]c3ncc(F)cc23)ncc1F)C(C)(C)C)(C(C)C)P(=O)(O)O. The summed E-state index contributed by atoms with van der Waals surface area (Å²) in [4.78, 5) is 36.2. The summed E-state index contributed by atoms with van der Waals surface area (Å²) in [5.74, 6) is -1.84. The van der Waals surface area contributed by atoms with Crippen molar-refractivity contribution < 1.29 is 23.1 Å². The summed E-state index contributed by atoms with van der Waals surface area (Å²) < 4.78 is 41.5. The van der Waals surface area contributed by atoms with Gasteiger partial charge in [-0.25, -0.2) is 23.7 Å². The Kier molecular flexibility index (Phi) is 7.42. The van der Waals surface area contributed by atoms with Crippen LogP contribution in [0.1, 0.15) is 54.9 Å². The van der Waals surface area contributed by atoms with E-state index in [4.69, 9.17) is 0 Å². The predicted octanol–water partition coefficient (Wildman–Crippen LogP) is 5.74. The van der Waals surface area contributed by atoms with Crippen LogP contribution < -0.4 is 5.32 Å². The second kappa shape index (κ2) is 9.56. The summed E-state index contributed by atoms with van der Waals surface area (Å²) >= 11 is 0. The van der Waals surface area contributed by atoms with Gasteiger partial charge in [-0.3, -0.25) is 4.57 Å². The van der Waals surface area contributed by atoms with Crippen molar-refractivity contribution in [2.45, 2.75) is 66.1 Å². The van der Waals surface area contributed by atoms with Crippen LogP contribution in [-0.2, 0) is 4.57 Å². The van der Waals surface area contributed by atoms with Crippen LogP contribution in [-0.4, -0.2) is 40.9 Å². The normalized spacial score (nSPS) is 14.2. The Bertz CT molecular complexity index is 1240. The van der Waals surface area contributed by atoms with Gasteiger partial charge in [-0.15, -0.1) is 0 Å². The first-order valence-corrected chi connectivity index (χ1v) is 13.2. The third-order valence-corrected chi connectivity index (χ3v) is 9.21. The Balaban J connectivity index is 2.07. The third kappa shape index (κ3) is 5.25. The second-order valence-electron chi connectivity index (χ2n) is 10.8. The van der Waals surface area contributed by atoms with E-state index in [9.17, 15) is 23.1 Å². The van der Waals surface area contributed by atoms with Gasteiger partial charge < -0.3 is 20.1 Å². The third-order valence-electron chi connectivity index (χ3n) is 6.91. The van der Waals surface area contributed by atoms with Crippen molar-refractivity contribution in [2.24, 2.45) is 17.3 Å². The number of anilines is 1. The number of aromatic nitrogens is 4. The van der Waals surface area contributed by atoms with Crippen molar-refractivity contribution >= 4 is 24.4 Å². The van der Waals surface area contributed by atoms with Crippen LogP contribution >= 0.6 is 7.60 Å². The Hall–Kier alpha value is -2.42. The molecule has 0 aliphatic heterocycles. The second-order valence-corrected chi connectivity index (χ2v) is 12.7. The molecule has 0 aliphatic carbocycles. The average Bonchev–Trinajstić information content (AvgIpc) is 3.13. The fourth-order valence-corrected chi connectivity index (χ4v) is 6.52. The lowest BCUT2D eigenvalue weighted by Gasteiger charge is -2.46. The highest BCUT2D eigenvalue weighted by Crippen LogP contribution is 2.61. The number of hydrogen-bond donors (Lipinski definition) is 4. The molecule has 35 heavy (non-hydrogen) atoms. The van der Waals surface area contributed by atoms with Crippen molar-refractivity contribution in [3.05, 3.63) is 36.3 Å². The van der Waals surface area contributed by atoms with Gasteiger partial charge in [0.1, 0.15) is 11.5 Å². The van der Waals surface area contributed by atoms with Crippen molar-refractivity contribution in [2.75, 3.05) is 5.32 Å². The number of nitrogens with one attached hydrogen (secondary N) is 2. The number of H-pyrrole nitrogens is 1. The van der Waals surface area contributed by atoms with Crippen LogP contribution in [0.15, 0.2) is 24.7 Å². The molecule has 3 rings (SSSR count). The van der Waals surface area contributed by atoms with E-state index < -0.39 is 35.8 Å². The molecule has 0 aromatic carbocycles. The van der Waals surface area contributed by atoms with Crippen molar-refractivity contribution in [1.29, 1.82) is 0 Å². The van der Waals surface area contributed by atoms with E-state index in [0.717, 1.165) is 12.4 Å². The quantitative estimate of drug-likeness (QED) is 0.285. The predicted molar refractivity (Wildman–Crippen MR) is 133 cm³/mol. The molecule has 8 nitrogen and oxygen atoms in total. The van der Waals surface area contributed by atoms with Crippen LogP contribution in [0.2, 0.25) is 0 Å². The minimum absolute atomic E-state index is 0.0943. The molecule has 0 saturated carbocycles. The van der Waals surface area contributed by atoms with Gasteiger partial charge in [0, 0.05) is 23.2 Å². The van der Waals surface area contributed by atoms with Crippen LogP contribution in [0.5, 0.6) is 0 Å². The summed E-state index contributed by atoms with van der Waals surface area (Å²) in [6.45, 7) is 13.0. The first-order valence-electron chi connectivity index (χ1n) is 11.6. The first-order chi connectivity index (χ1) is 16.1. The van der Waals surface area contributed by atoms with E-state index in [1.165, 1.54) is 6.07 Å². The smallest absolute Gasteiger partial charge is 0.332 e. The summed E-state index contributed by atoms with van der Waals surface area (Å²) in [6.07, 6.45) is 3.78. The molecule has 0 bridgehead atoms. The molecular weight excluding hydrogens is 475 g/mol. The van der Waals surface area contributed by atoms with E-state index in [1.54, 1.807) is 33.9 Å². The zero-order chi connectivity index (χ0) is 26.3. The van der Waals surface area contributed by atoms with Gasteiger partial charge in [0.2, 0.25) is 0 Å². The van der Waals surface area contributed by atoms with Crippen molar-refractivity contribution in [3.8, 4) is 11.4 Å². The number of fused-ring (bicyclic) bond motifs is 1. The van der Waals surface area contributed by atoms with Gasteiger partial charge in [-0.2, -0.15) is 0 Å². The molecule has 1 atom stereocenters. The monoisotopic (exact) mass is 509 g/mol. The molecule has 192 valence electrons. The lowest BCUT2D eigenvalue weighted by Crippen LogP contribution is -2.48. The van der Waals surface area contributed by atoms with Gasteiger partial charge in [0.15, 0.2) is 17.5 Å². The minimum Gasteiger partial charge on any atom is -0.364 e. The van der Waals surface area contributed by atoms with E-state index in [1.807, 2.05) is 20.8 Å². The van der Waals surface area contributed by atoms with Gasteiger partial charge in [-0.05, 0) is 29.7 Å². The first kappa shape index (κ1) is 27.2. The summed E-state index contributed by atoms with van der Waals surface area (Å²) in [6, 6.07) is 0.755. The molecule has 3 aromatic heterocycles. The van der Waals surface area contributed by atoms with E-state index in [-0.39, 0.29) is 29.9 Å². The van der Waals surface area contributed by atoms with Gasteiger partial charge in [-0.1, -0.05) is 48.5 Å².